The van der Waals surface area contributed by atoms with E-state index in [-0.39, 0.29) is 12.0 Å². The Bertz CT molecular complexity index is 676. The molecule has 112 valence electrons. The van der Waals surface area contributed by atoms with Gasteiger partial charge in [0.25, 0.3) is 0 Å². The average Bonchev–Trinajstić information content (AvgIpc) is 3.05. The van der Waals surface area contributed by atoms with Crippen molar-refractivity contribution in [3.05, 3.63) is 82.1 Å². The molecule has 22 heavy (non-hydrogen) atoms. The zero-order chi connectivity index (χ0) is 15.5. The SMILES string of the molecule is CC(C(c1ccc(Cl)cc1)c1ccc(Cl)cc1)n1ccnn1. The van der Waals surface area contributed by atoms with Crippen molar-refractivity contribution < 1.29 is 0 Å². The van der Waals surface area contributed by atoms with Crippen molar-refractivity contribution in [2.45, 2.75) is 18.9 Å². The average molecular weight is 332 g/mol. The zero-order valence-corrected chi connectivity index (χ0v) is 13.5. The van der Waals surface area contributed by atoms with Gasteiger partial charge in [-0.3, -0.25) is 0 Å². The highest BCUT2D eigenvalue weighted by Gasteiger charge is 2.23. The number of hydrogen-bond acceptors (Lipinski definition) is 2. The van der Waals surface area contributed by atoms with Gasteiger partial charge in [0, 0.05) is 22.2 Å². The lowest BCUT2D eigenvalue weighted by Gasteiger charge is -2.25. The minimum atomic E-state index is 0.116. The number of benzene rings is 2. The molecule has 1 heterocycles. The summed E-state index contributed by atoms with van der Waals surface area (Å²) in [7, 11) is 0. The van der Waals surface area contributed by atoms with Gasteiger partial charge in [0.1, 0.15) is 0 Å². The molecule has 5 heteroatoms. The summed E-state index contributed by atoms with van der Waals surface area (Å²) in [6.07, 6.45) is 3.57. The van der Waals surface area contributed by atoms with Crippen molar-refractivity contribution in [2.24, 2.45) is 0 Å². The Kier molecular flexibility index (Phi) is 4.46. The Morgan fingerprint density at radius 3 is 1.77 bits per heavy atom. The predicted molar refractivity (Wildman–Crippen MR) is 89.5 cm³/mol. The summed E-state index contributed by atoms with van der Waals surface area (Å²) < 4.78 is 1.87. The smallest absolute Gasteiger partial charge is 0.0693 e. The van der Waals surface area contributed by atoms with Gasteiger partial charge in [-0.05, 0) is 42.3 Å². The molecule has 0 N–H and O–H groups in total. The molecule has 0 amide bonds. The zero-order valence-electron chi connectivity index (χ0n) is 12.0. The molecule has 0 fully saturated rings. The highest BCUT2D eigenvalue weighted by atomic mass is 35.5. The predicted octanol–water partition coefficient (Wildman–Crippen LogP) is 4.98. The second kappa shape index (κ2) is 6.51. The Labute approximate surface area is 139 Å². The maximum absolute atomic E-state index is 6.02. The molecule has 0 aliphatic heterocycles. The highest BCUT2D eigenvalue weighted by molar-refractivity contribution is 6.30. The van der Waals surface area contributed by atoms with Gasteiger partial charge in [0.2, 0.25) is 0 Å². The topological polar surface area (TPSA) is 30.7 Å². The highest BCUT2D eigenvalue weighted by Crippen LogP contribution is 2.35. The Morgan fingerprint density at radius 1 is 0.864 bits per heavy atom. The molecule has 3 aromatic rings. The van der Waals surface area contributed by atoms with E-state index in [9.17, 15) is 0 Å². The molecule has 0 saturated heterocycles. The van der Waals surface area contributed by atoms with Gasteiger partial charge in [0.05, 0.1) is 12.2 Å². The van der Waals surface area contributed by atoms with E-state index >= 15 is 0 Å². The van der Waals surface area contributed by atoms with Crippen LogP contribution in [0.25, 0.3) is 0 Å². The Morgan fingerprint density at radius 2 is 1.36 bits per heavy atom. The molecule has 0 radical (unpaired) electrons. The van der Waals surface area contributed by atoms with Gasteiger partial charge in [-0.2, -0.15) is 0 Å². The van der Waals surface area contributed by atoms with E-state index in [0.717, 1.165) is 10.0 Å². The molecule has 0 aliphatic carbocycles. The molecule has 2 aromatic carbocycles. The summed E-state index contributed by atoms with van der Waals surface area (Å²) in [5.41, 5.74) is 2.35. The first-order valence-electron chi connectivity index (χ1n) is 7.02. The Balaban J connectivity index is 2.05. The lowest BCUT2D eigenvalue weighted by atomic mass is 9.86. The van der Waals surface area contributed by atoms with E-state index in [1.54, 1.807) is 6.20 Å². The first-order valence-corrected chi connectivity index (χ1v) is 7.77. The third kappa shape index (κ3) is 3.16. The van der Waals surface area contributed by atoms with Crippen LogP contribution in [0.2, 0.25) is 10.0 Å². The van der Waals surface area contributed by atoms with Crippen molar-refractivity contribution in [3.63, 3.8) is 0 Å². The summed E-state index contributed by atoms with van der Waals surface area (Å²) >= 11 is 12.0. The molecular weight excluding hydrogens is 317 g/mol. The fourth-order valence-electron chi connectivity index (χ4n) is 2.68. The number of aromatic nitrogens is 3. The van der Waals surface area contributed by atoms with Gasteiger partial charge >= 0.3 is 0 Å². The van der Waals surface area contributed by atoms with Crippen molar-refractivity contribution in [2.75, 3.05) is 0 Å². The summed E-state index contributed by atoms with van der Waals surface area (Å²) in [6.45, 7) is 2.13. The maximum Gasteiger partial charge on any atom is 0.0693 e. The van der Waals surface area contributed by atoms with Crippen LogP contribution >= 0.6 is 23.2 Å². The van der Waals surface area contributed by atoms with Crippen LogP contribution in [0.15, 0.2) is 60.9 Å². The summed E-state index contributed by atoms with van der Waals surface area (Å²) in [5.74, 6) is 0.135. The second-order valence-electron chi connectivity index (χ2n) is 5.20. The van der Waals surface area contributed by atoms with Crippen LogP contribution in [0.5, 0.6) is 0 Å². The van der Waals surface area contributed by atoms with E-state index in [1.165, 1.54) is 11.1 Å². The minimum Gasteiger partial charge on any atom is -0.249 e. The minimum absolute atomic E-state index is 0.116. The molecule has 1 aromatic heterocycles. The molecule has 0 spiro atoms. The number of halogens is 2. The molecule has 3 rings (SSSR count). The largest absolute Gasteiger partial charge is 0.249 e. The summed E-state index contributed by atoms with van der Waals surface area (Å²) in [6, 6.07) is 16.0. The van der Waals surface area contributed by atoms with E-state index < -0.39 is 0 Å². The van der Waals surface area contributed by atoms with Crippen molar-refractivity contribution >= 4 is 23.2 Å². The van der Waals surface area contributed by atoms with Crippen molar-refractivity contribution in [1.82, 2.24) is 15.0 Å². The summed E-state index contributed by atoms with van der Waals surface area (Å²) in [4.78, 5) is 0. The number of rotatable bonds is 4. The fraction of sp³-hybridized carbons (Fsp3) is 0.176. The van der Waals surface area contributed by atoms with E-state index in [2.05, 4.69) is 41.5 Å². The molecule has 1 atom stereocenters. The lowest BCUT2D eigenvalue weighted by Crippen LogP contribution is -2.17. The van der Waals surface area contributed by atoms with Crippen LogP contribution in [0.1, 0.15) is 30.0 Å². The molecule has 0 saturated carbocycles. The van der Waals surface area contributed by atoms with E-state index in [0.29, 0.717) is 0 Å². The van der Waals surface area contributed by atoms with Gasteiger partial charge in [-0.25, -0.2) is 4.68 Å². The standard InChI is InChI=1S/C17H15Cl2N3/c1-12(22-11-10-20-21-22)17(13-2-6-15(18)7-3-13)14-4-8-16(19)9-5-14/h2-12,17H,1H3. The van der Waals surface area contributed by atoms with Crippen molar-refractivity contribution in [1.29, 1.82) is 0 Å². The molecule has 1 unspecified atom stereocenters. The van der Waals surface area contributed by atoms with Crippen LogP contribution in [0.4, 0.5) is 0 Å². The monoisotopic (exact) mass is 331 g/mol. The molecular formula is C17H15Cl2N3. The van der Waals surface area contributed by atoms with Crippen LogP contribution in [-0.4, -0.2) is 15.0 Å². The fourth-order valence-corrected chi connectivity index (χ4v) is 2.93. The van der Waals surface area contributed by atoms with Crippen LogP contribution in [-0.2, 0) is 0 Å². The Hall–Kier alpha value is -1.84. The third-order valence-corrected chi connectivity index (χ3v) is 4.30. The summed E-state index contributed by atoms with van der Waals surface area (Å²) in [5, 5.41) is 9.51. The van der Waals surface area contributed by atoms with Crippen LogP contribution in [0, 0.1) is 0 Å². The number of hydrogen-bond donors (Lipinski definition) is 0. The molecule has 0 bridgehead atoms. The van der Waals surface area contributed by atoms with Gasteiger partial charge in [-0.15, -0.1) is 5.10 Å². The molecule has 3 nitrogen and oxygen atoms in total. The van der Waals surface area contributed by atoms with Crippen LogP contribution in [0.3, 0.4) is 0 Å². The van der Waals surface area contributed by atoms with E-state index in [1.807, 2.05) is 35.1 Å². The molecule has 0 aliphatic rings. The maximum atomic E-state index is 6.02. The van der Waals surface area contributed by atoms with Gasteiger partial charge in [-0.1, -0.05) is 52.7 Å². The van der Waals surface area contributed by atoms with Gasteiger partial charge in [0.15, 0.2) is 0 Å². The third-order valence-electron chi connectivity index (χ3n) is 3.80. The second-order valence-corrected chi connectivity index (χ2v) is 6.08. The van der Waals surface area contributed by atoms with E-state index in [4.69, 9.17) is 23.2 Å². The first-order chi connectivity index (χ1) is 10.6. The lowest BCUT2D eigenvalue weighted by molar-refractivity contribution is 0.433. The number of nitrogens with zero attached hydrogens (tertiary/aromatic N) is 3. The van der Waals surface area contributed by atoms with Gasteiger partial charge < -0.3 is 0 Å². The first kappa shape index (κ1) is 15.1. The quantitative estimate of drug-likeness (QED) is 0.675. The van der Waals surface area contributed by atoms with Crippen molar-refractivity contribution in [3.8, 4) is 0 Å². The van der Waals surface area contributed by atoms with Crippen LogP contribution < -0.4 is 0 Å². The normalized spacial score (nSPS) is 12.5.